The van der Waals surface area contributed by atoms with Gasteiger partial charge in [0.15, 0.2) is 5.65 Å². The Balaban J connectivity index is 1.57. The number of halogens is 3. The zero-order valence-electron chi connectivity index (χ0n) is 18.5. The van der Waals surface area contributed by atoms with Crippen molar-refractivity contribution in [3.63, 3.8) is 0 Å². The number of aromatic nitrogens is 5. The average Bonchev–Trinajstić information content (AvgIpc) is 3.23. The molecule has 0 spiro atoms. The fourth-order valence-corrected chi connectivity index (χ4v) is 3.48. The van der Waals surface area contributed by atoms with Gasteiger partial charge in [-0.05, 0) is 30.7 Å². The van der Waals surface area contributed by atoms with Crippen LogP contribution in [0.5, 0.6) is 0 Å². The molecule has 0 unspecified atom stereocenters. The molecule has 4 aromatic rings. The van der Waals surface area contributed by atoms with Crippen LogP contribution >= 0.6 is 0 Å². The normalized spacial score (nSPS) is 11.4. The molecule has 0 aliphatic heterocycles. The molecular weight excluding hydrogens is 481 g/mol. The fraction of sp³-hybridized carbons (Fsp3) is 0.182. The molecular formula is C22H19F3N8O3. The number of hydrogen-bond acceptors (Lipinski definition) is 8. The number of aryl methyl sites for hydroxylation is 1. The summed E-state index contributed by atoms with van der Waals surface area (Å²) in [6.45, 7) is 0.310. The van der Waals surface area contributed by atoms with Gasteiger partial charge in [0.25, 0.3) is 5.91 Å². The van der Waals surface area contributed by atoms with E-state index < -0.39 is 23.6 Å². The van der Waals surface area contributed by atoms with Crippen molar-refractivity contribution in [2.24, 2.45) is 0 Å². The third-order valence-corrected chi connectivity index (χ3v) is 5.21. The number of nitrogens with two attached hydrogens (primary N) is 1. The van der Waals surface area contributed by atoms with E-state index in [1.807, 2.05) is 0 Å². The molecule has 11 nitrogen and oxygen atoms in total. The van der Waals surface area contributed by atoms with Gasteiger partial charge in [-0.15, -0.1) is 0 Å². The molecule has 0 fully saturated rings. The maximum Gasteiger partial charge on any atom is 0.416 e. The van der Waals surface area contributed by atoms with Crippen LogP contribution in [0.25, 0.3) is 22.3 Å². The maximum absolute atomic E-state index is 12.9. The molecule has 36 heavy (non-hydrogen) atoms. The highest BCUT2D eigenvalue weighted by atomic mass is 19.4. The van der Waals surface area contributed by atoms with Gasteiger partial charge < -0.3 is 11.1 Å². The first-order valence-corrected chi connectivity index (χ1v) is 10.5. The molecule has 186 valence electrons. The van der Waals surface area contributed by atoms with E-state index in [-0.39, 0.29) is 23.6 Å². The lowest BCUT2D eigenvalue weighted by atomic mass is 10.1. The summed E-state index contributed by atoms with van der Waals surface area (Å²) in [6, 6.07) is 7.73. The van der Waals surface area contributed by atoms with Gasteiger partial charge in [-0.1, -0.05) is 12.1 Å². The van der Waals surface area contributed by atoms with Crippen molar-refractivity contribution >= 4 is 34.5 Å². The number of amides is 2. The lowest BCUT2D eigenvalue weighted by molar-refractivity contribution is -0.137. The third-order valence-electron chi connectivity index (χ3n) is 5.21. The molecule has 0 radical (unpaired) electrons. The Hall–Kier alpha value is -4.59. The standard InChI is InChI=1S/C22H19F3N8O3/c23-22(24,25)14-7-8-27-15(10-14)30-21(35)13-5-3-12(4-6-13)18-17-19(26)28-11-29-20(17)33(31-18)9-1-2-16(34)32-36/h3-8,10-11,36H,1-2,9H2,(H,32,34)(H2,26,28,29)(H,27,30,35). The van der Waals surface area contributed by atoms with Crippen LogP contribution in [0.4, 0.5) is 24.8 Å². The molecule has 2 amide bonds. The second-order valence-electron chi connectivity index (χ2n) is 7.63. The summed E-state index contributed by atoms with van der Waals surface area (Å²) in [5.74, 6) is -1.22. The van der Waals surface area contributed by atoms with E-state index in [1.165, 1.54) is 18.5 Å². The van der Waals surface area contributed by atoms with Gasteiger partial charge in [0.05, 0.1) is 10.9 Å². The van der Waals surface area contributed by atoms with E-state index >= 15 is 0 Å². The van der Waals surface area contributed by atoms with Crippen molar-refractivity contribution in [3.05, 3.63) is 60.0 Å². The highest BCUT2D eigenvalue weighted by Crippen LogP contribution is 2.31. The number of pyridine rings is 1. The van der Waals surface area contributed by atoms with Crippen LogP contribution in [-0.2, 0) is 17.5 Å². The van der Waals surface area contributed by atoms with Crippen LogP contribution in [0.2, 0.25) is 0 Å². The van der Waals surface area contributed by atoms with Gasteiger partial charge in [-0.25, -0.2) is 25.1 Å². The zero-order valence-corrected chi connectivity index (χ0v) is 18.5. The van der Waals surface area contributed by atoms with E-state index in [2.05, 4.69) is 25.4 Å². The fourth-order valence-electron chi connectivity index (χ4n) is 3.48. The number of nitrogen functional groups attached to an aromatic ring is 1. The van der Waals surface area contributed by atoms with E-state index in [0.717, 1.165) is 18.3 Å². The van der Waals surface area contributed by atoms with E-state index in [1.54, 1.807) is 22.3 Å². The Labute approximate surface area is 201 Å². The quantitative estimate of drug-likeness (QED) is 0.222. The Morgan fingerprint density at radius 2 is 1.83 bits per heavy atom. The van der Waals surface area contributed by atoms with E-state index in [9.17, 15) is 22.8 Å². The summed E-state index contributed by atoms with van der Waals surface area (Å²) in [5, 5.41) is 16.0. The smallest absolute Gasteiger partial charge is 0.383 e. The number of carbonyl (C=O) groups excluding carboxylic acids is 2. The summed E-state index contributed by atoms with van der Waals surface area (Å²) in [7, 11) is 0. The number of nitrogens with zero attached hydrogens (tertiary/aromatic N) is 5. The van der Waals surface area contributed by atoms with Crippen molar-refractivity contribution in [1.29, 1.82) is 0 Å². The first-order valence-electron chi connectivity index (χ1n) is 10.5. The van der Waals surface area contributed by atoms with Crippen LogP contribution in [0.1, 0.15) is 28.8 Å². The summed E-state index contributed by atoms with van der Waals surface area (Å²) in [5.41, 5.74) is 8.35. The molecule has 0 atom stereocenters. The van der Waals surface area contributed by atoms with Crippen molar-refractivity contribution in [3.8, 4) is 11.3 Å². The maximum atomic E-state index is 12.9. The number of fused-ring (bicyclic) bond motifs is 1. The highest BCUT2D eigenvalue weighted by Gasteiger charge is 2.31. The summed E-state index contributed by atoms with van der Waals surface area (Å²) in [6.07, 6.45) is -1.87. The van der Waals surface area contributed by atoms with Crippen molar-refractivity contribution in [2.75, 3.05) is 11.1 Å². The van der Waals surface area contributed by atoms with Gasteiger partial charge in [-0.3, -0.25) is 14.8 Å². The SMILES string of the molecule is Nc1ncnc2c1c(-c1ccc(C(=O)Nc3cc(C(F)(F)F)ccn3)cc1)nn2CCCC(=O)NO. The monoisotopic (exact) mass is 500 g/mol. The van der Waals surface area contributed by atoms with Crippen LogP contribution in [0.15, 0.2) is 48.9 Å². The number of hydroxylamine groups is 1. The average molecular weight is 500 g/mol. The molecule has 4 rings (SSSR count). The van der Waals surface area contributed by atoms with Crippen LogP contribution in [0, 0.1) is 0 Å². The third kappa shape index (κ3) is 5.22. The second-order valence-corrected chi connectivity index (χ2v) is 7.63. The molecule has 0 saturated heterocycles. The number of rotatable bonds is 7. The van der Waals surface area contributed by atoms with Gasteiger partial charge in [0.1, 0.15) is 23.7 Å². The van der Waals surface area contributed by atoms with Gasteiger partial charge in [0, 0.05) is 30.3 Å². The van der Waals surface area contributed by atoms with E-state index in [4.69, 9.17) is 10.9 Å². The van der Waals surface area contributed by atoms with Crippen molar-refractivity contribution in [2.45, 2.75) is 25.6 Å². The highest BCUT2D eigenvalue weighted by molar-refractivity contribution is 6.04. The Morgan fingerprint density at radius 1 is 1.08 bits per heavy atom. The van der Waals surface area contributed by atoms with Crippen LogP contribution in [0.3, 0.4) is 0 Å². The number of anilines is 2. The van der Waals surface area contributed by atoms with Crippen molar-refractivity contribution in [1.82, 2.24) is 30.2 Å². The van der Waals surface area contributed by atoms with Gasteiger partial charge in [-0.2, -0.15) is 18.3 Å². The largest absolute Gasteiger partial charge is 0.416 e. The van der Waals surface area contributed by atoms with Crippen molar-refractivity contribution < 1.29 is 28.0 Å². The number of carbonyl (C=O) groups is 2. The molecule has 0 aliphatic rings. The Kier molecular flexibility index (Phi) is 6.78. The summed E-state index contributed by atoms with van der Waals surface area (Å²) < 4.78 is 40.3. The van der Waals surface area contributed by atoms with Crippen LogP contribution in [-0.4, -0.2) is 41.8 Å². The lowest BCUT2D eigenvalue weighted by Gasteiger charge is -2.09. The van der Waals surface area contributed by atoms with Crippen LogP contribution < -0.4 is 16.5 Å². The molecule has 0 bridgehead atoms. The number of hydrogen-bond donors (Lipinski definition) is 4. The summed E-state index contributed by atoms with van der Waals surface area (Å²) >= 11 is 0. The predicted molar refractivity (Wildman–Crippen MR) is 122 cm³/mol. The minimum absolute atomic E-state index is 0.0678. The molecule has 14 heteroatoms. The molecule has 5 N–H and O–H groups in total. The number of benzene rings is 1. The minimum Gasteiger partial charge on any atom is -0.383 e. The lowest BCUT2D eigenvalue weighted by Crippen LogP contribution is -2.18. The molecule has 0 saturated carbocycles. The predicted octanol–water partition coefficient (Wildman–Crippen LogP) is 3.03. The first kappa shape index (κ1) is 24.5. The number of alkyl halides is 3. The molecule has 1 aromatic carbocycles. The molecule has 3 heterocycles. The zero-order chi connectivity index (χ0) is 25.9. The number of nitrogens with one attached hydrogen (secondary N) is 2. The van der Waals surface area contributed by atoms with E-state index in [0.29, 0.717) is 35.3 Å². The first-order chi connectivity index (χ1) is 17.2. The minimum atomic E-state index is -4.56. The Morgan fingerprint density at radius 3 is 2.53 bits per heavy atom. The second kappa shape index (κ2) is 9.95. The topological polar surface area (TPSA) is 161 Å². The van der Waals surface area contributed by atoms with Gasteiger partial charge in [0.2, 0.25) is 5.91 Å². The Bertz CT molecular complexity index is 1420. The molecule has 3 aromatic heterocycles. The summed E-state index contributed by atoms with van der Waals surface area (Å²) in [4.78, 5) is 35.8. The van der Waals surface area contributed by atoms with Gasteiger partial charge >= 0.3 is 6.18 Å². The molecule has 0 aliphatic carbocycles.